The summed E-state index contributed by atoms with van der Waals surface area (Å²) in [5.74, 6) is 0. The first-order chi connectivity index (χ1) is 5.86. The lowest BCUT2D eigenvalue weighted by Crippen LogP contribution is -1.74. The number of nitrogens with zero attached hydrogens (tertiary/aromatic N) is 2. The first kappa shape index (κ1) is 8.71. The third-order valence-corrected chi connectivity index (χ3v) is 1.43. The molecule has 12 heavy (non-hydrogen) atoms. The number of aromatic nitrogens is 3. The molecule has 2 heterocycles. The fourth-order valence-electron chi connectivity index (χ4n) is 1.00. The predicted molar refractivity (Wildman–Crippen MR) is 50.0 cm³/mol. The summed E-state index contributed by atoms with van der Waals surface area (Å²) in [6, 6.07) is 2.00. The maximum absolute atomic E-state index is 4.06. The van der Waals surface area contributed by atoms with Crippen LogP contribution in [0.3, 0.4) is 0 Å². The molecule has 0 aromatic carbocycles. The van der Waals surface area contributed by atoms with Crippen molar-refractivity contribution in [3.63, 3.8) is 0 Å². The van der Waals surface area contributed by atoms with Gasteiger partial charge in [0.25, 0.3) is 0 Å². The van der Waals surface area contributed by atoms with Crippen molar-refractivity contribution in [3.05, 3.63) is 24.3 Å². The van der Waals surface area contributed by atoms with Crippen LogP contribution in [0, 0.1) is 6.92 Å². The molecule has 3 heteroatoms. The van der Waals surface area contributed by atoms with Crippen LogP contribution >= 0.6 is 0 Å². The zero-order valence-electron chi connectivity index (χ0n) is 7.63. The largest absolute Gasteiger partial charge is 0.356 e. The lowest BCUT2D eigenvalue weighted by molar-refractivity contribution is 1.21. The number of hydrogen-bond acceptors (Lipinski definition) is 2. The molecule has 0 aliphatic heterocycles. The van der Waals surface area contributed by atoms with Crippen molar-refractivity contribution in [2.75, 3.05) is 0 Å². The molecule has 0 atom stereocenters. The van der Waals surface area contributed by atoms with Crippen LogP contribution in [-0.4, -0.2) is 15.0 Å². The van der Waals surface area contributed by atoms with E-state index in [1.54, 1.807) is 12.5 Å². The molecular weight excluding hydrogens is 150 g/mol. The smallest absolute Gasteiger partial charge is 0.116 e. The van der Waals surface area contributed by atoms with Gasteiger partial charge in [0, 0.05) is 5.69 Å². The molecule has 64 valence electrons. The van der Waals surface area contributed by atoms with Gasteiger partial charge in [0.05, 0.1) is 17.2 Å². The van der Waals surface area contributed by atoms with Crippen molar-refractivity contribution in [2.24, 2.45) is 0 Å². The molecule has 2 aromatic rings. The Kier molecular flexibility index (Phi) is 2.80. The minimum absolute atomic E-state index is 0.979. The number of rotatable bonds is 0. The number of fused-ring (bicyclic) bond motifs is 1. The Morgan fingerprint density at radius 1 is 1.33 bits per heavy atom. The summed E-state index contributed by atoms with van der Waals surface area (Å²) in [4.78, 5) is 11.1. The first-order valence-electron chi connectivity index (χ1n) is 4.11. The number of hydrogen-bond donors (Lipinski definition) is 1. The highest BCUT2D eigenvalue weighted by Gasteiger charge is 1.94. The van der Waals surface area contributed by atoms with Crippen molar-refractivity contribution >= 4 is 11.0 Å². The van der Waals surface area contributed by atoms with E-state index in [0.29, 0.717) is 0 Å². The highest BCUT2D eigenvalue weighted by atomic mass is 14.9. The first-order valence-corrected chi connectivity index (χ1v) is 4.11. The quantitative estimate of drug-likeness (QED) is 0.647. The average Bonchev–Trinajstić information content (AvgIpc) is 2.48. The molecule has 0 aliphatic carbocycles. The van der Waals surface area contributed by atoms with E-state index in [-0.39, 0.29) is 0 Å². The molecule has 1 N–H and O–H groups in total. The van der Waals surface area contributed by atoms with E-state index in [9.17, 15) is 0 Å². The molecule has 0 fully saturated rings. The summed E-state index contributed by atoms with van der Waals surface area (Å²) < 4.78 is 0. The van der Waals surface area contributed by atoms with Gasteiger partial charge in [-0.05, 0) is 13.0 Å². The second-order valence-electron chi connectivity index (χ2n) is 2.27. The van der Waals surface area contributed by atoms with Gasteiger partial charge in [0.15, 0.2) is 0 Å². The monoisotopic (exact) mass is 163 g/mol. The van der Waals surface area contributed by atoms with Crippen molar-refractivity contribution in [1.82, 2.24) is 15.0 Å². The summed E-state index contributed by atoms with van der Waals surface area (Å²) in [6.07, 6.45) is 3.32. The average molecular weight is 163 g/mol. The summed E-state index contributed by atoms with van der Waals surface area (Å²) in [5.41, 5.74) is 3.10. The van der Waals surface area contributed by atoms with Gasteiger partial charge in [0.1, 0.15) is 6.33 Å². The van der Waals surface area contributed by atoms with Gasteiger partial charge in [0.2, 0.25) is 0 Å². The van der Waals surface area contributed by atoms with Crippen molar-refractivity contribution < 1.29 is 0 Å². The Morgan fingerprint density at radius 3 is 2.75 bits per heavy atom. The molecule has 2 aromatic heterocycles. The van der Waals surface area contributed by atoms with Crippen LogP contribution in [0.2, 0.25) is 0 Å². The Hall–Kier alpha value is -1.38. The molecule has 0 radical (unpaired) electrons. The van der Waals surface area contributed by atoms with Crippen molar-refractivity contribution in [3.8, 4) is 0 Å². The number of aryl methyl sites for hydroxylation is 1. The summed E-state index contributed by atoms with van der Waals surface area (Å²) >= 11 is 0. The minimum atomic E-state index is 0.979. The van der Waals surface area contributed by atoms with Crippen LogP contribution in [0.4, 0.5) is 0 Å². The van der Waals surface area contributed by atoms with Crippen LogP contribution in [0.15, 0.2) is 18.6 Å². The van der Waals surface area contributed by atoms with Gasteiger partial charge in [-0.1, -0.05) is 13.8 Å². The Morgan fingerprint density at radius 2 is 2.08 bits per heavy atom. The third kappa shape index (κ3) is 1.61. The summed E-state index contributed by atoms with van der Waals surface area (Å²) in [5, 5.41) is 0. The van der Waals surface area contributed by atoms with Crippen molar-refractivity contribution in [1.29, 1.82) is 0 Å². The van der Waals surface area contributed by atoms with E-state index in [1.165, 1.54) is 0 Å². The number of aromatic amines is 1. The molecule has 0 saturated carbocycles. The van der Waals surface area contributed by atoms with Gasteiger partial charge in [-0.2, -0.15) is 0 Å². The fourth-order valence-corrected chi connectivity index (χ4v) is 1.00. The molecule has 2 rings (SSSR count). The maximum atomic E-state index is 4.06. The van der Waals surface area contributed by atoms with E-state index in [0.717, 1.165) is 16.7 Å². The highest BCUT2D eigenvalue weighted by molar-refractivity contribution is 5.74. The van der Waals surface area contributed by atoms with Crippen LogP contribution in [0.1, 0.15) is 19.5 Å². The van der Waals surface area contributed by atoms with Crippen LogP contribution in [0.25, 0.3) is 11.0 Å². The number of nitrogens with one attached hydrogen (secondary N) is 1. The van der Waals surface area contributed by atoms with E-state index < -0.39 is 0 Å². The van der Waals surface area contributed by atoms with E-state index >= 15 is 0 Å². The molecule has 0 spiro atoms. The Labute approximate surface area is 71.9 Å². The van der Waals surface area contributed by atoms with E-state index in [1.807, 2.05) is 26.8 Å². The second kappa shape index (κ2) is 3.85. The molecule has 0 aliphatic rings. The van der Waals surface area contributed by atoms with Gasteiger partial charge in [-0.3, -0.25) is 0 Å². The fraction of sp³-hybridized carbons (Fsp3) is 0.333. The molecule has 0 saturated heterocycles. The predicted octanol–water partition coefficient (Wildman–Crippen LogP) is 2.29. The highest BCUT2D eigenvalue weighted by Crippen LogP contribution is 2.08. The lowest BCUT2D eigenvalue weighted by Gasteiger charge is -1.82. The summed E-state index contributed by atoms with van der Waals surface area (Å²) in [7, 11) is 0. The van der Waals surface area contributed by atoms with Crippen molar-refractivity contribution in [2.45, 2.75) is 20.8 Å². The van der Waals surface area contributed by atoms with Crippen LogP contribution in [0.5, 0.6) is 0 Å². The molecular formula is C9H13N3. The van der Waals surface area contributed by atoms with Gasteiger partial charge in [-0.25, -0.2) is 9.97 Å². The number of H-pyrrole nitrogens is 1. The topological polar surface area (TPSA) is 41.6 Å². The van der Waals surface area contributed by atoms with Gasteiger partial charge < -0.3 is 4.98 Å². The van der Waals surface area contributed by atoms with E-state index in [2.05, 4.69) is 15.0 Å². The van der Waals surface area contributed by atoms with Crippen LogP contribution < -0.4 is 0 Å². The standard InChI is InChI=1S/C7H7N3.C2H6/c1-5-2-6-7(10-5)3-8-4-9-6;1-2/h2-4,10H,1H3;1-2H3. The lowest BCUT2D eigenvalue weighted by atomic mass is 10.4. The minimum Gasteiger partial charge on any atom is -0.356 e. The zero-order valence-corrected chi connectivity index (χ0v) is 7.63. The van der Waals surface area contributed by atoms with Gasteiger partial charge >= 0.3 is 0 Å². The molecule has 3 nitrogen and oxygen atoms in total. The zero-order chi connectivity index (χ0) is 8.97. The molecule has 0 unspecified atom stereocenters. The Bertz CT molecular complexity index is 318. The molecule has 0 bridgehead atoms. The molecule has 0 amide bonds. The van der Waals surface area contributed by atoms with E-state index in [4.69, 9.17) is 0 Å². The normalized spacial score (nSPS) is 9.25. The summed E-state index contributed by atoms with van der Waals surface area (Å²) in [6.45, 7) is 6.00. The maximum Gasteiger partial charge on any atom is 0.116 e. The second-order valence-corrected chi connectivity index (χ2v) is 2.27. The van der Waals surface area contributed by atoms with Crippen LogP contribution in [-0.2, 0) is 0 Å². The SMILES string of the molecule is CC.Cc1cc2ncncc2[nH]1. The third-order valence-electron chi connectivity index (χ3n) is 1.43. The Balaban J connectivity index is 0.000000336. The van der Waals surface area contributed by atoms with Gasteiger partial charge in [-0.15, -0.1) is 0 Å².